The first-order valence-corrected chi connectivity index (χ1v) is 18.6. The van der Waals surface area contributed by atoms with Gasteiger partial charge >= 0.3 is 0 Å². The van der Waals surface area contributed by atoms with Gasteiger partial charge in [-0.1, -0.05) is 38.5 Å². The van der Waals surface area contributed by atoms with Crippen molar-refractivity contribution in [2.45, 2.75) is 145 Å². The van der Waals surface area contributed by atoms with Gasteiger partial charge in [0.2, 0.25) is 0 Å². The average Bonchev–Trinajstić information content (AvgIpc) is 3.78. The van der Waals surface area contributed by atoms with Crippen LogP contribution in [-0.2, 0) is 16.8 Å². The molecule has 0 aromatic rings. The van der Waals surface area contributed by atoms with Crippen LogP contribution in [0.1, 0.15) is 83.5 Å². The van der Waals surface area contributed by atoms with Gasteiger partial charge in [-0.05, 0) is 86.4 Å². The Morgan fingerprint density at radius 2 is 0.711 bits per heavy atom. The second-order valence-electron chi connectivity index (χ2n) is 16.4. The van der Waals surface area contributed by atoms with Crippen LogP contribution < -0.4 is 54.0 Å². The van der Waals surface area contributed by atoms with E-state index in [1.54, 1.807) is 0 Å². The smallest absolute Gasteiger partial charge is 0.0672 e. The van der Waals surface area contributed by atoms with E-state index in [0.29, 0.717) is 60.2 Å². The predicted octanol–water partition coefficient (Wildman–Crippen LogP) is 0.227. The number of fused-ring (bicyclic) bond motifs is 20. The minimum absolute atomic E-state index is 0. The molecule has 253 valence electrons. The second kappa shape index (κ2) is 12.8. The van der Waals surface area contributed by atoms with Crippen LogP contribution in [0, 0.1) is 64.6 Å². The Bertz CT molecular complexity index is 1110. The molecule has 9 aliphatic rings. The zero-order valence-corrected chi connectivity index (χ0v) is 27.6. The van der Waals surface area contributed by atoms with Crippen LogP contribution in [0.5, 0.6) is 0 Å². The van der Waals surface area contributed by atoms with Gasteiger partial charge < -0.3 is 11.5 Å². The first kappa shape index (κ1) is 31.8. The maximum absolute atomic E-state index is 10.1. The summed E-state index contributed by atoms with van der Waals surface area (Å²) in [6.07, 6.45) is 18.5. The Balaban J connectivity index is 0.00000300. The average molecular weight is 667 g/mol. The molecule has 9 rings (SSSR count). The number of hydrogen-bond donors (Lipinski definition) is 10. The van der Waals surface area contributed by atoms with Crippen LogP contribution in [0.25, 0.3) is 0 Å². The number of nitriles is 1. The first-order chi connectivity index (χ1) is 21.6. The summed E-state index contributed by atoms with van der Waals surface area (Å²) in [5, 5.41) is 43.1. The standard InChI is InChI=1S/C33H57N11.Co/c34-14-15-13-22-23(25(36)24(15)35)33-43-31-21-12-6-5-11-20(21)29(41-31)39-27-17-8-2-1-7-16(17)26(37-27)38-28-18-9-3-4-10-19(18)30(40-28)42-32(22)44-33;/h15-33,37-44H,1-13,35-36H2;. The molecule has 0 amide bonds. The van der Waals surface area contributed by atoms with Crippen molar-refractivity contribution >= 4 is 0 Å². The summed E-state index contributed by atoms with van der Waals surface area (Å²) in [4.78, 5) is 0. The fourth-order valence-corrected chi connectivity index (χ4v) is 12.3. The Kier molecular flexibility index (Phi) is 9.06. The molecule has 12 N–H and O–H groups in total. The maximum atomic E-state index is 10.1. The normalized spacial score (nSPS) is 57.0. The molecular formula is C33H57CoN11. The van der Waals surface area contributed by atoms with Crippen molar-refractivity contribution in [1.29, 1.82) is 5.26 Å². The zero-order valence-electron chi connectivity index (χ0n) is 26.6. The van der Waals surface area contributed by atoms with Crippen molar-refractivity contribution in [3.05, 3.63) is 0 Å². The molecule has 0 aromatic carbocycles. The van der Waals surface area contributed by atoms with Gasteiger partial charge in [-0.25, -0.2) is 0 Å². The predicted molar refractivity (Wildman–Crippen MR) is 168 cm³/mol. The Labute approximate surface area is 279 Å². The quantitative estimate of drug-likeness (QED) is 0.172. The van der Waals surface area contributed by atoms with Crippen LogP contribution >= 0.6 is 0 Å². The van der Waals surface area contributed by atoms with E-state index in [2.05, 4.69) is 48.6 Å². The summed E-state index contributed by atoms with van der Waals surface area (Å²) < 4.78 is 0. The van der Waals surface area contributed by atoms with Gasteiger partial charge in [0.15, 0.2) is 0 Å². The summed E-state index contributed by atoms with van der Waals surface area (Å²) in [5.41, 5.74) is 13.7. The SMILES string of the molecule is N#CC1CC2C3NC4NC(NC5NC(NC6NC(NC(N3)C2C(N)C1N)C1CCCCC61)C1CCCCC51)C1CCCCC41.[Co]. The molecule has 19 atom stereocenters. The Hall–Kier alpha value is -0.404. The summed E-state index contributed by atoms with van der Waals surface area (Å²) in [7, 11) is 0. The molecule has 4 aliphatic carbocycles. The molecule has 4 saturated carbocycles. The molecule has 5 aliphatic heterocycles. The van der Waals surface area contributed by atoms with Crippen LogP contribution in [0.3, 0.4) is 0 Å². The molecule has 1 radical (unpaired) electrons. The summed E-state index contributed by atoms with van der Waals surface area (Å²) in [6, 6.07) is 2.02. The van der Waals surface area contributed by atoms with Gasteiger partial charge in [0.1, 0.15) is 0 Å². The molecule has 19 unspecified atom stereocenters. The van der Waals surface area contributed by atoms with Gasteiger partial charge in [-0.2, -0.15) is 5.26 Å². The van der Waals surface area contributed by atoms with Crippen molar-refractivity contribution in [1.82, 2.24) is 42.5 Å². The largest absolute Gasteiger partial charge is 0.326 e. The van der Waals surface area contributed by atoms with Gasteiger partial charge in [0, 0.05) is 34.8 Å². The van der Waals surface area contributed by atoms with Gasteiger partial charge in [-0.3, -0.25) is 42.5 Å². The van der Waals surface area contributed by atoms with Crippen molar-refractivity contribution in [2.24, 2.45) is 64.7 Å². The van der Waals surface area contributed by atoms with E-state index in [1.165, 1.54) is 77.0 Å². The minimum Gasteiger partial charge on any atom is -0.326 e. The molecule has 45 heavy (non-hydrogen) atoms. The van der Waals surface area contributed by atoms with E-state index in [-0.39, 0.29) is 71.3 Å². The monoisotopic (exact) mass is 666 g/mol. The van der Waals surface area contributed by atoms with Crippen molar-refractivity contribution in [3.8, 4) is 6.07 Å². The molecule has 8 bridgehead atoms. The number of nitrogens with zero attached hydrogens (tertiary/aromatic N) is 1. The van der Waals surface area contributed by atoms with Gasteiger partial charge in [0.25, 0.3) is 0 Å². The first-order valence-electron chi connectivity index (χ1n) is 18.6. The van der Waals surface area contributed by atoms with Crippen molar-refractivity contribution in [3.63, 3.8) is 0 Å². The van der Waals surface area contributed by atoms with Gasteiger partial charge in [0.05, 0.1) is 61.3 Å². The third-order valence-corrected chi connectivity index (χ3v) is 14.4. The van der Waals surface area contributed by atoms with E-state index < -0.39 is 0 Å². The minimum atomic E-state index is -0.292. The number of nitrogens with one attached hydrogen (secondary N) is 8. The van der Waals surface area contributed by atoms with E-state index >= 15 is 0 Å². The molecule has 11 nitrogen and oxygen atoms in total. The molecule has 9 fully saturated rings. The fraction of sp³-hybridized carbons (Fsp3) is 0.970. The zero-order chi connectivity index (χ0) is 29.5. The van der Waals surface area contributed by atoms with Gasteiger partial charge in [-0.15, -0.1) is 0 Å². The van der Waals surface area contributed by atoms with E-state index in [4.69, 9.17) is 11.5 Å². The van der Waals surface area contributed by atoms with Crippen LogP contribution in [0.2, 0.25) is 0 Å². The molecule has 12 heteroatoms. The van der Waals surface area contributed by atoms with Crippen molar-refractivity contribution in [2.75, 3.05) is 0 Å². The summed E-state index contributed by atoms with van der Waals surface area (Å²) in [5.74, 6) is 4.06. The Morgan fingerprint density at radius 3 is 1.02 bits per heavy atom. The summed E-state index contributed by atoms with van der Waals surface area (Å²) >= 11 is 0. The fourth-order valence-electron chi connectivity index (χ4n) is 12.3. The van der Waals surface area contributed by atoms with E-state index in [9.17, 15) is 5.26 Å². The van der Waals surface area contributed by atoms with E-state index in [1.807, 2.05) is 0 Å². The third kappa shape index (κ3) is 5.36. The topological polar surface area (TPSA) is 172 Å². The number of hydrogen-bond acceptors (Lipinski definition) is 11. The van der Waals surface area contributed by atoms with Crippen LogP contribution in [0.4, 0.5) is 0 Å². The number of nitrogens with two attached hydrogens (primary N) is 2. The molecule has 5 heterocycles. The molecular weight excluding hydrogens is 609 g/mol. The van der Waals surface area contributed by atoms with E-state index in [0.717, 1.165) is 6.42 Å². The summed E-state index contributed by atoms with van der Waals surface area (Å²) in [6.45, 7) is 0. The Morgan fingerprint density at radius 1 is 0.422 bits per heavy atom. The number of rotatable bonds is 0. The molecule has 5 saturated heterocycles. The molecule has 0 aromatic heterocycles. The third-order valence-electron chi connectivity index (χ3n) is 14.4. The second-order valence-corrected chi connectivity index (χ2v) is 16.4. The van der Waals surface area contributed by atoms with Crippen LogP contribution in [-0.4, -0.2) is 61.4 Å². The maximum Gasteiger partial charge on any atom is 0.0672 e. The molecule has 0 spiro atoms. The van der Waals surface area contributed by atoms with Crippen LogP contribution in [0.15, 0.2) is 0 Å². The van der Waals surface area contributed by atoms with Crippen molar-refractivity contribution < 1.29 is 16.8 Å².